The molecule has 2 atom stereocenters. The van der Waals surface area contributed by atoms with Crippen LogP contribution in [0.2, 0.25) is 0 Å². The van der Waals surface area contributed by atoms with Crippen molar-refractivity contribution in [2.75, 3.05) is 6.54 Å². The van der Waals surface area contributed by atoms with E-state index in [0.29, 0.717) is 18.0 Å². The van der Waals surface area contributed by atoms with Gasteiger partial charge in [0.15, 0.2) is 0 Å². The van der Waals surface area contributed by atoms with Crippen molar-refractivity contribution in [1.82, 2.24) is 5.32 Å². The van der Waals surface area contributed by atoms with E-state index < -0.39 is 0 Å². The fourth-order valence-corrected chi connectivity index (χ4v) is 2.95. The maximum absolute atomic E-state index is 11.9. The molecule has 4 heteroatoms. The standard InChI is InChI=1S/C14H17BrClNO/c15-12-7-5-10(6-8-12)14(18)17-9-11-3-1-2-4-13(11)16/h5-8,11,13H,1-4,9H2,(H,17,18). The molecule has 1 amide bonds. The summed E-state index contributed by atoms with van der Waals surface area (Å²) >= 11 is 9.63. The maximum Gasteiger partial charge on any atom is 0.251 e. The van der Waals surface area contributed by atoms with Crippen molar-refractivity contribution >= 4 is 33.4 Å². The summed E-state index contributed by atoms with van der Waals surface area (Å²) in [6.07, 6.45) is 4.63. The van der Waals surface area contributed by atoms with E-state index in [4.69, 9.17) is 11.6 Å². The second kappa shape index (κ2) is 6.58. The van der Waals surface area contributed by atoms with Crippen molar-refractivity contribution in [3.63, 3.8) is 0 Å². The smallest absolute Gasteiger partial charge is 0.251 e. The highest BCUT2D eigenvalue weighted by Crippen LogP contribution is 2.28. The van der Waals surface area contributed by atoms with Crippen molar-refractivity contribution in [2.24, 2.45) is 5.92 Å². The molecule has 18 heavy (non-hydrogen) atoms. The van der Waals surface area contributed by atoms with Gasteiger partial charge in [-0.15, -0.1) is 11.6 Å². The Labute approximate surface area is 121 Å². The zero-order valence-corrected chi connectivity index (χ0v) is 12.5. The number of alkyl halides is 1. The molecule has 1 aliphatic rings. The normalized spacial score (nSPS) is 23.7. The number of nitrogens with one attached hydrogen (secondary N) is 1. The summed E-state index contributed by atoms with van der Waals surface area (Å²) in [6, 6.07) is 7.39. The highest BCUT2D eigenvalue weighted by Gasteiger charge is 2.23. The highest BCUT2D eigenvalue weighted by molar-refractivity contribution is 9.10. The van der Waals surface area contributed by atoms with Gasteiger partial charge in [0.1, 0.15) is 0 Å². The van der Waals surface area contributed by atoms with Gasteiger partial charge in [-0.2, -0.15) is 0 Å². The van der Waals surface area contributed by atoms with Crippen LogP contribution in [0.1, 0.15) is 36.0 Å². The second-order valence-corrected chi connectivity index (χ2v) is 6.25. The van der Waals surface area contributed by atoms with Gasteiger partial charge in [-0.1, -0.05) is 28.8 Å². The molecule has 0 aliphatic heterocycles. The molecule has 1 aromatic rings. The molecule has 0 radical (unpaired) electrons. The van der Waals surface area contributed by atoms with E-state index in [1.165, 1.54) is 12.8 Å². The van der Waals surface area contributed by atoms with Gasteiger partial charge in [-0.3, -0.25) is 4.79 Å². The Hall–Kier alpha value is -0.540. The van der Waals surface area contributed by atoms with Crippen LogP contribution in [-0.4, -0.2) is 17.8 Å². The van der Waals surface area contributed by atoms with E-state index in [1.54, 1.807) is 0 Å². The van der Waals surface area contributed by atoms with Crippen LogP contribution in [0.15, 0.2) is 28.7 Å². The third-order valence-electron chi connectivity index (χ3n) is 3.45. The van der Waals surface area contributed by atoms with E-state index in [1.807, 2.05) is 24.3 Å². The largest absolute Gasteiger partial charge is 0.352 e. The Balaban J connectivity index is 1.86. The molecule has 1 fully saturated rings. The molecule has 0 bridgehead atoms. The molecule has 1 N–H and O–H groups in total. The van der Waals surface area contributed by atoms with Crippen molar-refractivity contribution in [2.45, 2.75) is 31.1 Å². The monoisotopic (exact) mass is 329 g/mol. The van der Waals surface area contributed by atoms with Crippen molar-refractivity contribution < 1.29 is 4.79 Å². The van der Waals surface area contributed by atoms with Crippen molar-refractivity contribution in [3.05, 3.63) is 34.3 Å². The molecule has 2 rings (SSSR count). The second-order valence-electron chi connectivity index (χ2n) is 4.78. The van der Waals surface area contributed by atoms with Crippen LogP contribution in [0.5, 0.6) is 0 Å². The van der Waals surface area contributed by atoms with Crippen LogP contribution in [0.4, 0.5) is 0 Å². The number of rotatable bonds is 3. The number of carbonyl (C=O) groups excluding carboxylic acids is 1. The molecule has 0 saturated heterocycles. The van der Waals surface area contributed by atoms with Gasteiger partial charge >= 0.3 is 0 Å². The lowest BCUT2D eigenvalue weighted by Gasteiger charge is -2.27. The van der Waals surface area contributed by atoms with Crippen LogP contribution in [-0.2, 0) is 0 Å². The summed E-state index contributed by atoms with van der Waals surface area (Å²) in [5, 5.41) is 3.19. The van der Waals surface area contributed by atoms with Gasteiger partial charge < -0.3 is 5.32 Å². The molecular weight excluding hydrogens is 314 g/mol. The Bertz CT molecular complexity index is 407. The minimum absolute atomic E-state index is 0.0167. The van der Waals surface area contributed by atoms with Gasteiger partial charge in [0, 0.05) is 22.0 Å². The lowest BCUT2D eigenvalue weighted by Crippen LogP contribution is -2.34. The van der Waals surface area contributed by atoms with E-state index in [2.05, 4.69) is 21.2 Å². The zero-order valence-electron chi connectivity index (χ0n) is 10.2. The first-order valence-electron chi connectivity index (χ1n) is 6.34. The Morgan fingerprint density at radius 2 is 1.94 bits per heavy atom. The van der Waals surface area contributed by atoms with E-state index >= 15 is 0 Å². The Kier molecular flexibility index (Phi) is 5.07. The van der Waals surface area contributed by atoms with Crippen LogP contribution < -0.4 is 5.32 Å². The number of amides is 1. The Morgan fingerprint density at radius 1 is 1.28 bits per heavy atom. The minimum atomic E-state index is -0.0167. The van der Waals surface area contributed by atoms with Gasteiger partial charge in [0.2, 0.25) is 0 Å². The van der Waals surface area contributed by atoms with E-state index in [-0.39, 0.29) is 11.3 Å². The van der Waals surface area contributed by atoms with Gasteiger partial charge in [0.25, 0.3) is 5.91 Å². The molecular formula is C14H17BrClNO. The predicted molar refractivity (Wildman–Crippen MR) is 78.1 cm³/mol. The van der Waals surface area contributed by atoms with Crippen molar-refractivity contribution in [1.29, 1.82) is 0 Å². The molecule has 0 heterocycles. The first-order valence-corrected chi connectivity index (χ1v) is 7.57. The van der Waals surface area contributed by atoms with Gasteiger partial charge in [-0.25, -0.2) is 0 Å². The summed E-state index contributed by atoms with van der Waals surface area (Å²) in [5.74, 6) is 0.400. The molecule has 2 nitrogen and oxygen atoms in total. The molecule has 0 aromatic heterocycles. The number of carbonyl (C=O) groups is 1. The number of hydrogen-bond donors (Lipinski definition) is 1. The van der Waals surface area contributed by atoms with Crippen LogP contribution in [0, 0.1) is 5.92 Å². The van der Waals surface area contributed by atoms with Crippen LogP contribution in [0.3, 0.4) is 0 Å². The average molecular weight is 331 g/mol. The molecule has 1 aromatic carbocycles. The maximum atomic E-state index is 11.9. The third-order valence-corrected chi connectivity index (χ3v) is 4.55. The summed E-state index contributed by atoms with van der Waals surface area (Å²) in [5.41, 5.74) is 0.695. The lowest BCUT2D eigenvalue weighted by atomic mass is 9.88. The number of benzene rings is 1. The SMILES string of the molecule is O=C(NCC1CCCCC1Cl)c1ccc(Br)cc1. The zero-order chi connectivity index (χ0) is 13.0. The lowest BCUT2D eigenvalue weighted by molar-refractivity contribution is 0.0944. The van der Waals surface area contributed by atoms with Crippen LogP contribution >= 0.6 is 27.5 Å². The third kappa shape index (κ3) is 3.72. The molecule has 1 saturated carbocycles. The fraction of sp³-hybridized carbons (Fsp3) is 0.500. The highest BCUT2D eigenvalue weighted by atomic mass is 79.9. The average Bonchev–Trinajstić information content (AvgIpc) is 2.38. The summed E-state index contributed by atoms with van der Waals surface area (Å²) in [6.45, 7) is 0.684. The number of hydrogen-bond acceptors (Lipinski definition) is 1. The van der Waals surface area contributed by atoms with Gasteiger partial charge in [-0.05, 0) is 43.0 Å². The molecule has 0 spiro atoms. The van der Waals surface area contributed by atoms with Crippen LogP contribution in [0.25, 0.3) is 0 Å². The first-order chi connectivity index (χ1) is 8.66. The molecule has 98 valence electrons. The minimum Gasteiger partial charge on any atom is -0.352 e. The molecule has 2 unspecified atom stereocenters. The van der Waals surface area contributed by atoms with E-state index in [9.17, 15) is 4.79 Å². The fourth-order valence-electron chi connectivity index (χ4n) is 2.32. The van der Waals surface area contributed by atoms with Gasteiger partial charge in [0.05, 0.1) is 0 Å². The molecule has 1 aliphatic carbocycles. The predicted octanol–water partition coefficient (Wildman–Crippen LogP) is 3.98. The Morgan fingerprint density at radius 3 is 2.61 bits per heavy atom. The van der Waals surface area contributed by atoms with Crippen molar-refractivity contribution in [3.8, 4) is 0 Å². The summed E-state index contributed by atoms with van der Waals surface area (Å²) in [4.78, 5) is 11.9. The summed E-state index contributed by atoms with van der Waals surface area (Å²) in [7, 11) is 0. The summed E-state index contributed by atoms with van der Waals surface area (Å²) < 4.78 is 0.979. The topological polar surface area (TPSA) is 29.1 Å². The van der Waals surface area contributed by atoms with E-state index in [0.717, 1.165) is 17.3 Å². The number of halogens is 2. The quantitative estimate of drug-likeness (QED) is 0.835. The first kappa shape index (κ1) is 13.9.